The summed E-state index contributed by atoms with van der Waals surface area (Å²) in [6.07, 6.45) is -1.16. The Morgan fingerprint density at radius 1 is 0.951 bits per heavy atom. The Labute approximate surface area is 235 Å². The van der Waals surface area contributed by atoms with Crippen molar-refractivity contribution < 1.29 is 27.2 Å². The monoisotopic (exact) mass is 565 g/mol. The van der Waals surface area contributed by atoms with Crippen molar-refractivity contribution >= 4 is 22.7 Å². The van der Waals surface area contributed by atoms with Crippen molar-refractivity contribution in [1.82, 2.24) is 14.8 Å². The van der Waals surface area contributed by atoms with Gasteiger partial charge in [-0.2, -0.15) is 13.2 Å². The molecule has 0 unspecified atom stereocenters. The van der Waals surface area contributed by atoms with Gasteiger partial charge in [-0.3, -0.25) is 9.59 Å². The zero-order valence-corrected chi connectivity index (χ0v) is 22.7. The number of para-hydroxylation sites is 1. The molecule has 41 heavy (non-hydrogen) atoms. The maximum absolute atomic E-state index is 14.7. The summed E-state index contributed by atoms with van der Waals surface area (Å²) in [7, 11) is 0. The number of carbonyl (C=O) groups excluding carboxylic acids is 2. The standard InChI is InChI=1S/C32H31F4N3O2/c1-21-6-5-9-25-27(20-39(29(21)25)15-12-22-7-3-2-4-8-22)30(40)38-16-13-24(14-17-38)26-18-23(10-11-28(26)33)19-37-31(41)32(34,35)36/h2-11,18,20,24H,12-17,19H2,1H3,(H,37,41). The molecule has 1 aliphatic rings. The van der Waals surface area contributed by atoms with Crippen LogP contribution in [-0.4, -0.2) is 40.5 Å². The molecule has 4 aromatic rings. The number of aryl methyl sites for hydroxylation is 3. The highest BCUT2D eigenvalue weighted by Crippen LogP contribution is 2.33. The molecule has 9 heteroatoms. The highest BCUT2D eigenvalue weighted by Gasteiger charge is 2.38. The molecule has 1 saturated heterocycles. The Balaban J connectivity index is 1.28. The molecule has 214 valence electrons. The van der Waals surface area contributed by atoms with Crippen LogP contribution in [0.3, 0.4) is 0 Å². The minimum Gasteiger partial charge on any atom is -0.346 e. The summed E-state index contributed by atoms with van der Waals surface area (Å²) in [4.78, 5) is 26.7. The molecule has 5 rings (SSSR count). The highest BCUT2D eigenvalue weighted by atomic mass is 19.4. The van der Waals surface area contributed by atoms with Crippen molar-refractivity contribution in [1.29, 1.82) is 0 Å². The number of likely N-dealkylation sites (tertiary alicyclic amines) is 1. The molecule has 3 aromatic carbocycles. The van der Waals surface area contributed by atoms with E-state index >= 15 is 0 Å². The fourth-order valence-electron chi connectivity index (χ4n) is 5.65. The summed E-state index contributed by atoms with van der Waals surface area (Å²) in [6.45, 7) is 3.29. The lowest BCUT2D eigenvalue weighted by atomic mass is 9.88. The number of hydrogen-bond donors (Lipinski definition) is 1. The second-order valence-corrected chi connectivity index (χ2v) is 10.5. The van der Waals surface area contributed by atoms with Crippen LogP contribution in [-0.2, 0) is 24.3 Å². The molecular weight excluding hydrogens is 534 g/mol. The lowest BCUT2D eigenvalue weighted by molar-refractivity contribution is -0.173. The van der Waals surface area contributed by atoms with E-state index in [1.807, 2.05) is 54.8 Å². The molecule has 0 bridgehead atoms. The first-order valence-corrected chi connectivity index (χ1v) is 13.7. The number of alkyl halides is 3. The Morgan fingerprint density at radius 3 is 2.39 bits per heavy atom. The summed E-state index contributed by atoms with van der Waals surface area (Å²) >= 11 is 0. The number of hydrogen-bond acceptors (Lipinski definition) is 2. The van der Waals surface area contributed by atoms with Gasteiger partial charge < -0.3 is 14.8 Å². The second-order valence-electron chi connectivity index (χ2n) is 10.5. The third-order valence-electron chi connectivity index (χ3n) is 7.81. The average molecular weight is 566 g/mol. The molecule has 2 amide bonds. The van der Waals surface area contributed by atoms with Crippen LogP contribution >= 0.6 is 0 Å². The first-order valence-electron chi connectivity index (χ1n) is 13.7. The van der Waals surface area contributed by atoms with E-state index in [4.69, 9.17) is 0 Å². The van der Waals surface area contributed by atoms with Gasteiger partial charge in [0.1, 0.15) is 5.82 Å². The third kappa shape index (κ3) is 6.29. The van der Waals surface area contributed by atoms with E-state index in [2.05, 4.69) is 16.7 Å². The Bertz CT molecular complexity index is 1550. The van der Waals surface area contributed by atoms with E-state index in [0.717, 1.165) is 29.4 Å². The van der Waals surface area contributed by atoms with Gasteiger partial charge in [-0.25, -0.2) is 4.39 Å². The van der Waals surface area contributed by atoms with Gasteiger partial charge in [-0.1, -0.05) is 60.7 Å². The van der Waals surface area contributed by atoms with E-state index in [1.165, 1.54) is 23.8 Å². The number of halogens is 4. The fourth-order valence-corrected chi connectivity index (χ4v) is 5.65. The molecular formula is C32H31F4N3O2. The average Bonchev–Trinajstić information content (AvgIpc) is 3.35. The molecule has 1 aromatic heterocycles. The van der Waals surface area contributed by atoms with Crippen LogP contribution in [0.5, 0.6) is 0 Å². The number of fused-ring (bicyclic) bond motifs is 1. The van der Waals surface area contributed by atoms with Crippen LogP contribution in [0.25, 0.3) is 10.9 Å². The van der Waals surface area contributed by atoms with Gasteiger partial charge in [0, 0.05) is 37.8 Å². The molecule has 0 radical (unpaired) electrons. The minimum atomic E-state index is -4.98. The molecule has 5 nitrogen and oxygen atoms in total. The summed E-state index contributed by atoms with van der Waals surface area (Å²) in [5.41, 5.74) is 4.77. The summed E-state index contributed by atoms with van der Waals surface area (Å²) in [5, 5.41) is 2.73. The number of carbonyl (C=O) groups is 2. The molecule has 2 heterocycles. The molecule has 1 N–H and O–H groups in total. The van der Waals surface area contributed by atoms with Crippen molar-refractivity contribution in [3.63, 3.8) is 0 Å². The Morgan fingerprint density at radius 2 is 1.68 bits per heavy atom. The second kappa shape index (κ2) is 11.8. The van der Waals surface area contributed by atoms with Crippen LogP contribution in [0.1, 0.15) is 51.4 Å². The molecule has 0 spiro atoms. The summed E-state index contributed by atoms with van der Waals surface area (Å²) in [5.74, 6) is -2.74. The zero-order chi connectivity index (χ0) is 29.1. The van der Waals surface area contributed by atoms with Crippen LogP contribution in [0.2, 0.25) is 0 Å². The Kier molecular flexibility index (Phi) is 8.15. The molecule has 0 atom stereocenters. The molecule has 0 aliphatic carbocycles. The van der Waals surface area contributed by atoms with Gasteiger partial charge in [-0.15, -0.1) is 0 Å². The van der Waals surface area contributed by atoms with Crippen LogP contribution < -0.4 is 5.32 Å². The van der Waals surface area contributed by atoms with E-state index in [0.29, 0.717) is 42.6 Å². The van der Waals surface area contributed by atoms with Gasteiger partial charge >= 0.3 is 12.1 Å². The number of piperidine rings is 1. The quantitative estimate of drug-likeness (QED) is 0.259. The lowest BCUT2D eigenvalue weighted by Crippen LogP contribution is -2.38. The van der Waals surface area contributed by atoms with E-state index in [9.17, 15) is 27.2 Å². The van der Waals surface area contributed by atoms with Crippen LogP contribution in [0, 0.1) is 12.7 Å². The largest absolute Gasteiger partial charge is 0.471 e. The maximum atomic E-state index is 14.7. The number of aromatic nitrogens is 1. The van der Waals surface area contributed by atoms with Crippen LogP contribution in [0.15, 0.2) is 72.9 Å². The number of benzene rings is 3. The van der Waals surface area contributed by atoms with Gasteiger partial charge in [-0.05, 0) is 60.4 Å². The minimum absolute atomic E-state index is 0.0680. The van der Waals surface area contributed by atoms with Gasteiger partial charge in [0.05, 0.1) is 11.1 Å². The van der Waals surface area contributed by atoms with Gasteiger partial charge in [0.15, 0.2) is 0 Å². The predicted octanol–water partition coefficient (Wildman–Crippen LogP) is 6.53. The first-order chi connectivity index (χ1) is 19.6. The zero-order valence-electron chi connectivity index (χ0n) is 22.7. The Hall–Kier alpha value is -4.14. The molecule has 0 saturated carbocycles. The van der Waals surface area contributed by atoms with E-state index in [-0.39, 0.29) is 18.4 Å². The first kappa shape index (κ1) is 28.4. The maximum Gasteiger partial charge on any atom is 0.471 e. The SMILES string of the molecule is Cc1cccc2c(C(=O)N3CCC(c4cc(CNC(=O)C(F)(F)F)ccc4F)CC3)cn(CCc3ccccc3)c12. The van der Waals surface area contributed by atoms with E-state index < -0.39 is 17.9 Å². The molecule has 1 aliphatic heterocycles. The number of nitrogens with one attached hydrogen (secondary N) is 1. The smallest absolute Gasteiger partial charge is 0.346 e. The van der Waals surface area contributed by atoms with Crippen molar-refractivity contribution in [2.45, 2.75) is 51.4 Å². The highest BCUT2D eigenvalue weighted by molar-refractivity contribution is 6.07. The van der Waals surface area contributed by atoms with Crippen LogP contribution in [0.4, 0.5) is 17.6 Å². The van der Waals surface area contributed by atoms with Crippen molar-refractivity contribution in [2.24, 2.45) is 0 Å². The van der Waals surface area contributed by atoms with Crippen molar-refractivity contribution in [2.75, 3.05) is 13.1 Å². The summed E-state index contributed by atoms with van der Waals surface area (Å²) < 4.78 is 54.4. The van der Waals surface area contributed by atoms with Crippen molar-refractivity contribution in [3.05, 3.63) is 107 Å². The summed E-state index contributed by atoms with van der Waals surface area (Å²) in [6, 6.07) is 20.3. The van der Waals surface area contributed by atoms with E-state index in [1.54, 1.807) is 4.90 Å². The predicted molar refractivity (Wildman–Crippen MR) is 149 cm³/mol. The number of amides is 2. The van der Waals surface area contributed by atoms with Gasteiger partial charge in [0.25, 0.3) is 5.91 Å². The lowest BCUT2D eigenvalue weighted by Gasteiger charge is -2.32. The van der Waals surface area contributed by atoms with Crippen molar-refractivity contribution in [3.8, 4) is 0 Å². The topological polar surface area (TPSA) is 54.3 Å². The number of nitrogens with zero attached hydrogens (tertiary/aromatic N) is 2. The third-order valence-corrected chi connectivity index (χ3v) is 7.81. The normalized spacial score (nSPS) is 14.4. The number of rotatable bonds is 7. The fraction of sp³-hybridized carbons (Fsp3) is 0.312. The van der Waals surface area contributed by atoms with Gasteiger partial charge in [0.2, 0.25) is 0 Å². The molecule has 1 fully saturated rings.